The van der Waals surface area contributed by atoms with Crippen molar-refractivity contribution < 1.29 is 14.4 Å². The Balaban J connectivity index is 2.23. The monoisotopic (exact) mass is 269 g/mol. The average molecular weight is 269 g/mol. The first kappa shape index (κ1) is 14.9. The minimum Gasteiger partial charge on any atom is -0.393 e. The van der Waals surface area contributed by atoms with E-state index in [1.54, 1.807) is 6.92 Å². The molecule has 1 aliphatic carbocycles. The number of nitrogens with zero attached hydrogens (tertiary/aromatic N) is 1. The van der Waals surface area contributed by atoms with Crippen LogP contribution in [0.1, 0.15) is 52.4 Å². The number of aliphatic hydroxyl groups excluding tert-OH is 1. The van der Waals surface area contributed by atoms with E-state index in [1.165, 1.54) is 12.8 Å². The maximum atomic E-state index is 12.3. The van der Waals surface area contributed by atoms with Gasteiger partial charge >= 0.3 is 5.91 Å². The SMILES string of the molecule is CCC(O)C1CC(N)C[N+](C(C)=O)(C2CCCC2)C1. The van der Waals surface area contributed by atoms with Gasteiger partial charge in [0, 0.05) is 5.92 Å². The van der Waals surface area contributed by atoms with Gasteiger partial charge in [0.1, 0.15) is 6.54 Å². The van der Waals surface area contributed by atoms with Crippen molar-refractivity contribution in [3.63, 3.8) is 0 Å². The van der Waals surface area contributed by atoms with Crippen molar-refractivity contribution in [2.24, 2.45) is 11.7 Å². The van der Waals surface area contributed by atoms with Crippen molar-refractivity contribution >= 4 is 5.91 Å². The maximum Gasteiger partial charge on any atom is 0.310 e. The molecule has 1 aliphatic heterocycles. The summed E-state index contributed by atoms with van der Waals surface area (Å²) in [6, 6.07) is 0.486. The third kappa shape index (κ3) is 2.86. The van der Waals surface area contributed by atoms with Gasteiger partial charge in [-0.3, -0.25) is 4.48 Å². The molecular weight excluding hydrogens is 240 g/mol. The number of rotatable bonds is 3. The Morgan fingerprint density at radius 2 is 2.00 bits per heavy atom. The van der Waals surface area contributed by atoms with Crippen molar-refractivity contribution in [2.75, 3.05) is 13.1 Å². The molecule has 0 aromatic rings. The summed E-state index contributed by atoms with van der Waals surface area (Å²) < 4.78 is 0.531. The fourth-order valence-corrected chi connectivity index (χ4v) is 4.27. The number of carbonyl (C=O) groups excluding carboxylic acids is 1. The highest BCUT2D eigenvalue weighted by molar-refractivity contribution is 5.66. The van der Waals surface area contributed by atoms with E-state index >= 15 is 0 Å². The molecule has 110 valence electrons. The van der Waals surface area contributed by atoms with Crippen molar-refractivity contribution in [2.45, 2.75) is 70.6 Å². The number of nitrogens with two attached hydrogens (primary N) is 1. The molecule has 0 bridgehead atoms. The minimum absolute atomic E-state index is 0.0458. The van der Waals surface area contributed by atoms with Crippen molar-refractivity contribution in [1.29, 1.82) is 0 Å². The summed E-state index contributed by atoms with van der Waals surface area (Å²) in [5, 5.41) is 10.2. The first-order valence-corrected chi connectivity index (χ1v) is 7.81. The molecule has 1 amide bonds. The highest BCUT2D eigenvalue weighted by Crippen LogP contribution is 2.36. The highest BCUT2D eigenvalue weighted by Gasteiger charge is 2.49. The van der Waals surface area contributed by atoms with E-state index in [0.29, 0.717) is 10.5 Å². The van der Waals surface area contributed by atoms with Gasteiger partial charge in [-0.2, -0.15) is 0 Å². The fraction of sp³-hybridized carbons (Fsp3) is 0.933. The average Bonchev–Trinajstić information content (AvgIpc) is 2.90. The summed E-state index contributed by atoms with van der Waals surface area (Å²) in [6.07, 6.45) is 6.03. The van der Waals surface area contributed by atoms with Gasteiger partial charge in [0.25, 0.3) is 0 Å². The third-order valence-corrected chi connectivity index (χ3v) is 5.34. The second-order valence-electron chi connectivity index (χ2n) is 6.59. The van der Waals surface area contributed by atoms with Gasteiger partial charge in [-0.05, 0) is 38.5 Å². The Morgan fingerprint density at radius 1 is 1.37 bits per heavy atom. The molecule has 4 unspecified atom stereocenters. The molecule has 1 saturated heterocycles. The summed E-state index contributed by atoms with van der Waals surface area (Å²) in [6.45, 7) is 5.28. The molecule has 1 heterocycles. The van der Waals surface area contributed by atoms with Gasteiger partial charge in [0.2, 0.25) is 0 Å². The molecule has 0 radical (unpaired) electrons. The van der Waals surface area contributed by atoms with Crippen LogP contribution < -0.4 is 5.73 Å². The summed E-state index contributed by atoms with van der Waals surface area (Å²) in [5.74, 6) is 0.425. The first-order valence-electron chi connectivity index (χ1n) is 7.81. The van der Waals surface area contributed by atoms with Crippen LogP contribution in [0.15, 0.2) is 0 Å². The zero-order valence-corrected chi connectivity index (χ0v) is 12.3. The topological polar surface area (TPSA) is 63.3 Å². The third-order valence-electron chi connectivity index (χ3n) is 5.34. The van der Waals surface area contributed by atoms with Crippen LogP contribution in [0.5, 0.6) is 0 Å². The predicted octanol–water partition coefficient (Wildman–Crippen LogP) is 1.41. The van der Waals surface area contributed by atoms with E-state index in [0.717, 1.165) is 38.8 Å². The van der Waals surface area contributed by atoms with Gasteiger partial charge in [-0.25, -0.2) is 4.79 Å². The molecule has 0 aromatic heterocycles. The van der Waals surface area contributed by atoms with Crippen LogP contribution in [0.25, 0.3) is 0 Å². The van der Waals surface area contributed by atoms with E-state index in [2.05, 4.69) is 0 Å². The van der Waals surface area contributed by atoms with Crippen LogP contribution in [-0.4, -0.2) is 46.8 Å². The summed E-state index contributed by atoms with van der Waals surface area (Å²) in [4.78, 5) is 12.3. The van der Waals surface area contributed by atoms with Crippen LogP contribution >= 0.6 is 0 Å². The molecule has 19 heavy (non-hydrogen) atoms. The van der Waals surface area contributed by atoms with Crippen LogP contribution in [0.2, 0.25) is 0 Å². The number of quaternary nitrogens is 1. The second kappa shape index (κ2) is 5.90. The van der Waals surface area contributed by atoms with E-state index in [9.17, 15) is 9.90 Å². The number of likely N-dealkylation sites (tertiary alicyclic amines) is 1. The van der Waals surface area contributed by atoms with Gasteiger partial charge in [0.05, 0.1) is 31.7 Å². The number of piperidine rings is 1. The van der Waals surface area contributed by atoms with Crippen LogP contribution in [0.4, 0.5) is 0 Å². The van der Waals surface area contributed by atoms with Gasteiger partial charge in [0.15, 0.2) is 0 Å². The standard InChI is InChI=1S/C15H29N2O2/c1-3-15(19)12-8-13(16)10-17(9-12,11(2)18)14-6-4-5-7-14/h12-15,19H,3-10,16H2,1-2H3/q+1. The number of aliphatic hydroxyl groups is 1. The van der Waals surface area contributed by atoms with Crippen LogP contribution in [0.3, 0.4) is 0 Å². The molecule has 2 fully saturated rings. The Labute approximate surface area is 116 Å². The van der Waals surface area contributed by atoms with E-state index in [-0.39, 0.29) is 24.0 Å². The molecule has 0 spiro atoms. The lowest BCUT2D eigenvalue weighted by Crippen LogP contribution is -2.67. The second-order valence-corrected chi connectivity index (χ2v) is 6.59. The zero-order valence-electron chi connectivity index (χ0n) is 12.3. The number of hydrogen-bond donors (Lipinski definition) is 2. The van der Waals surface area contributed by atoms with Crippen molar-refractivity contribution in [3.8, 4) is 0 Å². The largest absolute Gasteiger partial charge is 0.393 e. The van der Waals surface area contributed by atoms with Crippen LogP contribution in [-0.2, 0) is 4.79 Å². The molecule has 4 nitrogen and oxygen atoms in total. The molecule has 1 saturated carbocycles. The number of amides is 1. The molecular formula is C15H29N2O2+. The zero-order chi connectivity index (χ0) is 14.0. The quantitative estimate of drug-likeness (QED) is 0.762. The predicted molar refractivity (Wildman–Crippen MR) is 75.3 cm³/mol. The summed E-state index contributed by atoms with van der Waals surface area (Å²) in [5.41, 5.74) is 6.22. The Hall–Kier alpha value is -0.450. The lowest BCUT2D eigenvalue weighted by Gasteiger charge is -2.48. The van der Waals surface area contributed by atoms with E-state index < -0.39 is 0 Å². The lowest BCUT2D eigenvalue weighted by atomic mass is 9.85. The van der Waals surface area contributed by atoms with Gasteiger partial charge in [-0.15, -0.1) is 0 Å². The molecule has 2 rings (SSSR count). The Kier molecular flexibility index (Phi) is 4.64. The number of carbonyl (C=O) groups is 1. The molecule has 0 aromatic carbocycles. The van der Waals surface area contributed by atoms with Crippen molar-refractivity contribution in [1.82, 2.24) is 0 Å². The fourth-order valence-electron chi connectivity index (χ4n) is 4.27. The Morgan fingerprint density at radius 3 is 2.53 bits per heavy atom. The first-order chi connectivity index (χ1) is 8.99. The highest BCUT2D eigenvalue weighted by atomic mass is 16.3. The van der Waals surface area contributed by atoms with E-state index in [1.807, 2.05) is 6.92 Å². The van der Waals surface area contributed by atoms with Gasteiger partial charge < -0.3 is 10.8 Å². The summed E-state index contributed by atoms with van der Waals surface area (Å²) >= 11 is 0. The summed E-state index contributed by atoms with van der Waals surface area (Å²) in [7, 11) is 0. The number of hydrogen-bond acceptors (Lipinski definition) is 3. The maximum absolute atomic E-state index is 12.3. The Bertz CT molecular complexity index is 328. The van der Waals surface area contributed by atoms with Gasteiger partial charge in [-0.1, -0.05) is 6.92 Å². The molecule has 4 heteroatoms. The van der Waals surface area contributed by atoms with E-state index in [4.69, 9.17) is 5.73 Å². The molecule has 3 N–H and O–H groups in total. The lowest BCUT2D eigenvalue weighted by molar-refractivity contribution is -0.888. The molecule has 4 atom stereocenters. The normalized spacial score (nSPS) is 38.3. The van der Waals surface area contributed by atoms with Crippen LogP contribution in [0, 0.1) is 5.92 Å². The smallest absolute Gasteiger partial charge is 0.310 e. The van der Waals surface area contributed by atoms with Crippen molar-refractivity contribution in [3.05, 3.63) is 0 Å². The molecule has 2 aliphatic rings. The minimum atomic E-state index is -0.315.